The van der Waals surface area contributed by atoms with E-state index in [2.05, 4.69) is 20.4 Å². The number of aryl methyl sites for hydroxylation is 2. The van der Waals surface area contributed by atoms with E-state index in [0.29, 0.717) is 28.0 Å². The van der Waals surface area contributed by atoms with Crippen molar-refractivity contribution in [2.45, 2.75) is 31.9 Å². The Bertz CT molecular complexity index is 1500. The highest BCUT2D eigenvalue weighted by Crippen LogP contribution is 2.35. The molecule has 0 unspecified atom stereocenters. The average molecular weight is 495 g/mol. The molecule has 1 N–H and O–H groups in total. The lowest BCUT2D eigenvalue weighted by atomic mass is 10.0. The predicted molar refractivity (Wildman–Crippen MR) is 123 cm³/mol. The van der Waals surface area contributed by atoms with Crippen molar-refractivity contribution in [1.29, 1.82) is 0 Å². The molecule has 0 radical (unpaired) electrons. The summed E-state index contributed by atoms with van der Waals surface area (Å²) in [5.74, 6) is -3.54. The molecule has 0 amide bonds. The lowest BCUT2D eigenvalue weighted by Crippen LogP contribution is -2.53. The van der Waals surface area contributed by atoms with Crippen LogP contribution in [0.5, 0.6) is 5.88 Å². The summed E-state index contributed by atoms with van der Waals surface area (Å²) in [7, 11) is 1.36. The van der Waals surface area contributed by atoms with Gasteiger partial charge in [-0.25, -0.2) is 27.1 Å². The fraction of sp³-hybridized carbons (Fsp3) is 0.435. The third-order valence-corrected chi connectivity index (χ3v) is 6.19. The second-order valence-corrected chi connectivity index (χ2v) is 8.46. The van der Waals surface area contributed by atoms with Gasteiger partial charge in [0.2, 0.25) is 11.8 Å². The number of hydrogen-bond donors (Lipinski definition) is 1. The van der Waals surface area contributed by atoms with E-state index in [1.807, 2.05) is 0 Å². The number of methoxy groups -OCH3 is 1. The van der Waals surface area contributed by atoms with Crippen molar-refractivity contribution < 1.29 is 26.4 Å². The first-order valence-corrected chi connectivity index (χ1v) is 11.0. The van der Waals surface area contributed by atoms with Crippen molar-refractivity contribution in [3.63, 3.8) is 0 Å². The largest absolute Gasteiger partial charge is 0.479 e. The van der Waals surface area contributed by atoms with Gasteiger partial charge in [0, 0.05) is 22.4 Å². The van der Waals surface area contributed by atoms with E-state index in [0.717, 1.165) is 4.90 Å². The van der Waals surface area contributed by atoms with Crippen LogP contribution in [0, 0.1) is 12.7 Å². The SMILES string of the molecule is [2H]C([2H])([2H])N1CC[C@@H](Nc2nc(OC)c3c(-c4cc(F)c5nc(C)n(CCF)c5c4)ccn3n2)C(F)(F)C1. The zero-order chi connectivity index (χ0) is 27.4. The molecule has 12 heteroatoms. The van der Waals surface area contributed by atoms with E-state index < -0.39 is 38.0 Å². The summed E-state index contributed by atoms with van der Waals surface area (Å²) in [4.78, 5) is 9.24. The van der Waals surface area contributed by atoms with Crippen molar-refractivity contribution in [2.24, 2.45) is 0 Å². The van der Waals surface area contributed by atoms with E-state index in [4.69, 9.17) is 8.85 Å². The number of nitrogens with one attached hydrogen (secondary N) is 1. The maximum absolute atomic E-state index is 15.0. The minimum absolute atomic E-state index is 0.0269. The van der Waals surface area contributed by atoms with Crippen LogP contribution in [0.4, 0.5) is 23.5 Å². The topological polar surface area (TPSA) is 72.5 Å². The molecule has 35 heavy (non-hydrogen) atoms. The predicted octanol–water partition coefficient (Wildman–Crippen LogP) is 3.92. The number of aromatic nitrogens is 5. The molecule has 4 heterocycles. The molecule has 0 saturated carbocycles. The van der Waals surface area contributed by atoms with Gasteiger partial charge in [0.05, 0.1) is 31.8 Å². The Kier molecular flexibility index (Phi) is 4.92. The number of halogens is 4. The zero-order valence-electron chi connectivity index (χ0n) is 22.0. The molecule has 1 atom stereocenters. The maximum atomic E-state index is 15.0. The molecule has 5 rings (SSSR count). The molecular formula is C23H25F4N7O. The van der Waals surface area contributed by atoms with Gasteiger partial charge in [-0.1, -0.05) is 0 Å². The Morgan fingerprint density at radius 3 is 2.86 bits per heavy atom. The van der Waals surface area contributed by atoms with Crippen LogP contribution in [-0.2, 0) is 6.54 Å². The molecule has 0 bridgehead atoms. The fourth-order valence-corrected chi connectivity index (χ4v) is 4.52. The van der Waals surface area contributed by atoms with Crippen LogP contribution in [-0.4, -0.2) is 74.9 Å². The number of benzene rings is 1. The second-order valence-electron chi connectivity index (χ2n) is 8.46. The summed E-state index contributed by atoms with van der Waals surface area (Å²) in [5.41, 5.74) is 1.88. The van der Waals surface area contributed by atoms with Crippen LogP contribution in [0.2, 0.25) is 0 Å². The third kappa shape index (κ3) is 4.05. The monoisotopic (exact) mass is 494 g/mol. The first-order valence-electron chi connectivity index (χ1n) is 12.5. The summed E-state index contributed by atoms with van der Waals surface area (Å²) in [6.45, 7) is -2.54. The van der Waals surface area contributed by atoms with Crippen LogP contribution in [0.15, 0.2) is 24.4 Å². The van der Waals surface area contributed by atoms with Gasteiger partial charge in [0.15, 0.2) is 5.82 Å². The van der Waals surface area contributed by atoms with Crippen molar-refractivity contribution >= 4 is 22.5 Å². The molecule has 186 valence electrons. The smallest absolute Gasteiger partial charge is 0.280 e. The number of nitrogens with zero attached hydrogens (tertiary/aromatic N) is 6. The van der Waals surface area contributed by atoms with Gasteiger partial charge >= 0.3 is 0 Å². The third-order valence-electron chi connectivity index (χ3n) is 6.19. The van der Waals surface area contributed by atoms with Crippen LogP contribution in [0.1, 0.15) is 16.4 Å². The number of ether oxygens (including phenoxy) is 1. The number of piperidine rings is 1. The quantitative estimate of drug-likeness (QED) is 0.410. The van der Waals surface area contributed by atoms with Gasteiger partial charge < -0.3 is 19.5 Å². The lowest BCUT2D eigenvalue weighted by Gasteiger charge is -2.36. The summed E-state index contributed by atoms with van der Waals surface area (Å²) in [5, 5.41) is 6.91. The fourth-order valence-electron chi connectivity index (χ4n) is 4.52. The number of imidazole rings is 1. The summed E-state index contributed by atoms with van der Waals surface area (Å²) in [6.07, 6.45) is 1.42. The summed E-state index contributed by atoms with van der Waals surface area (Å²) < 4.78 is 88.3. The molecule has 0 spiro atoms. The number of hydrogen-bond acceptors (Lipinski definition) is 6. The highest BCUT2D eigenvalue weighted by molar-refractivity contribution is 5.90. The van der Waals surface area contributed by atoms with Crippen molar-refractivity contribution in [1.82, 2.24) is 29.0 Å². The van der Waals surface area contributed by atoms with Crippen LogP contribution >= 0.6 is 0 Å². The molecule has 0 aliphatic carbocycles. The van der Waals surface area contributed by atoms with Gasteiger partial charge in [0.1, 0.15) is 23.5 Å². The molecule has 3 aromatic heterocycles. The van der Waals surface area contributed by atoms with E-state index in [1.54, 1.807) is 29.8 Å². The molecule has 1 aliphatic heterocycles. The summed E-state index contributed by atoms with van der Waals surface area (Å²) >= 11 is 0. The van der Waals surface area contributed by atoms with E-state index >= 15 is 0 Å². The number of fused-ring (bicyclic) bond motifs is 2. The number of anilines is 1. The Labute approximate surface area is 202 Å². The minimum atomic E-state index is -3.35. The minimum Gasteiger partial charge on any atom is -0.479 e. The average Bonchev–Trinajstić information content (AvgIpc) is 3.41. The molecule has 4 aromatic rings. The van der Waals surface area contributed by atoms with Gasteiger partial charge in [-0.3, -0.25) is 0 Å². The lowest BCUT2D eigenvalue weighted by molar-refractivity contribution is -0.0675. The van der Waals surface area contributed by atoms with Crippen LogP contribution in [0.3, 0.4) is 0 Å². The Hall–Kier alpha value is -3.41. The Balaban J connectivity index is 1.51. The van der Waals surface area contributed by atoms with Gasteiger partial charge in [0.25, 0.3) is 5.92 Å². The van der Waals surface area contributed by atoms with Gasteiger partial charge in [-0.2, -0.15) is 4.98 Å². The number of rotatable bonds is 6. The van der Waals surface area contributed by atoms with Crippen molar-refractivity contribution in [3.8, 4) is 17.0 Å². The molecule has 1 saturated heterocycles. The van der Waals surface area contributed by atoms with Crippen molar-refractivity contribution in [2.75, 3.05) is 39.2 Å². The van der Waals surface area contributed by atoms with E-state index in [-0.39, 0.29) is 36.9 Å². The molecular weight excluding hydrogens is 466 g/mol. The first kappa shape index (κ1) is 19.8. The number of likely N-dealkylation sites (tertiary alicyclic amines) is 1. The van der Waals surface area contributed by atoms with E-state index in [1.165, 1.54) is 17.7 Å². The molecule has 1 aromatic carbocycles. The zero-order valence-corrected chi connectivity index (χ0v) is 19.0. The number of alkyl halides is 3. The Morgan fingerprint density at radius 2 is 2.14 bits per heavy atom. The second kappa shape index (κ2) is 8.67. The van der Waals surface area contributed by atoms with E-state index in [9.17, 15) is 17.6 Å². The highest BCUT2D eigenvalue weighted by atomic mass is 19.3. The first-order chi connectivity index (χ1) is 17.9. The molecule has 8 nitrogen and oxygen atoms in total. The summed E-state index contributed by atoms with van der Waals surface area (Å²) in [6, 6.07) is 3.25. The maximum Gasteiger partial charge on any atom is 0.280 e. The van der Waals surface area contributed by atoms with Crippen molar-refractivity contribution in [3.05, 3.63) is 36.0 Å². The highest BCUT2D eigenvalue weighted by Gasteiger charge is 2.44. The molecule has 1 fully saturated rings. The van der Waals surface area contributed by atoms with Gasteiger partial charge in [-0.15, -0.1) is 5.10 Å². The normalized spacial score (nSPS) is 20.1. The Morgan fingerprint density at radius 1 is 1.31 bits per heavy atom. The van der Waals surface area contributed by atoms with Crippen LogP contribution in [0.25, 0.3) is 27.7 Å². The standard InChI is InChI=1S/C23H25F4N7O/c1-13-28-19-16(25)10-14(11-17(19)33(13)9-6-24)15-4-8-34-20(15)21(35-3)30-22(31-34)29-18-5-7-32(2)12-23(18,26)27/h4,8,10-11,18H,5-7,9,12H2,1-3H3,(H,29,31)/t18-/m1/s1/i2D3. The van der Waals surface area contributed by atoms with Crippen LogP contribution < -0.4 is 10.1 Å². The van der Waals surface area contributed by atoms with Gasteiger partial charge in [-0.05, 0) is 44.1 Å². The molecule has 1 aliphatic rings.